The van der Waals surface area contributed by atoms with E-state index in [4.69, 9.17) is 10.5 Å². The molecule has 1 aliphatic rings. The van der Waals surface area contributed by atoms with Crippen LogP contribution in [-0.4, -0.2) is 32.1 Å². The predicted molar refractivity (Wildman–Crippen MR) is 86.7 cm³/mol. The van der Waals surface area contributed by atoms with Gasteiger partial charge in [-0.05, 0) is 61.0 Å². The molecule has 1 aliphatic carbocycles. The van der Waals surface area contributed by atoms with Crippen molar-refractivity contribution in [3.63, 3.8) is 0 Å². The van der Waals surface area contributed by atoms with E-state index < -0.39 is 0 Å². The number of hydrogen-bond acceptors (Lipinski definition) is 3. The maximum Gasteiger partial charge on any atom is 0.119 e. The zero-order chi connectivity index (χ0) is 15.0. The van der Waals surface area contributed by atoms with E-state index in [1.807, 2.05) is 20.2 Å². The molecule has 3 nitrogen and oxygen atoms in total. The quantitative estimate of drug-likeness (QED) is 0.937. The van der Waals surface area contributed by atoms with Crippen molar-refractivity contribution in [3.05, 3.63) is 53.1 Å². The summed E-state index contributed by atoms with van der Waals surface area (Å²) in [6.07, 6.45) is 0. The number of likely N-dealkylation sites (N-methyl/N-ethyl adjacent to an activating group) is 1. The number of benzene rings is 2. The first kappa shape index (κ1) is 14.1. The minimum absolute atomic E-state index is 0.0488. The van der Waals surface area contributed by atoms with Crippen molar-refractivity contribution in [2.24, 2.45) is 5.73 Å². The van der Waals surface area contributed by atoms with Gasteiger partial charge in [0.2, 0.25) is 0 Å². The molecular formula is C18H22N2O. The third-order valence-electron chi connectivity index (χ3n) is 4.07. The van der Waals surface area contributed by atoms with Crippen LogP contribution in [0.25, 0.3) is 11.1 Å². The molecule has 1 unspecified atom stereocenters. The monoisotopic (exact) mass is 282 g/mol. The van der Waals surface area contributed by atoms with Crippen LogP contribution in [0.2, 0.25) is 0 Å². The molecule has 0 fully saturated rings. The fourth-order valence-corrected chi connectivity index (χ4v) is 2.95. The Hall–Kier alpha value is -1.84. The largest absolute Gasteiger partial charge is 0.492 e. The van der Waals surface area contributed by atoms with Gasteiger partial charge in [0, 0.05) is 6.54 Å². The molecule has 0 aromatic heterocycles. The van der Waals surface area contributed by atoms with Crippen molar-refractivity contribution in [1.82, 2.24) is 4.90 Å². The Kier molecular flexibility index (Phi) is 3.70. The number of ether oxygens (including phenoxy) is 1. The number of fused-ring (bicyclic) bond motifs is 3. The molecule has 1 atom stereocenters. The summed E-state index contributed by atoms with van der Waals surface area (Å²) in [5.41, 5.74) is 12.6. The van der Waals surface area contributed by atoms with Gasteiger partial charge in [-0.1, -0.05) is 24.3 Å². The van der Waals surface area contributed by atoms with E-state index in [0.29, 0.717) is 6.61 Å². The molecular weight excluding hydrogens is 260 g/mol. The third kappa shape index (κ3) is 2.55. The highest BCUT2D eigenvalue weighted by Gasteiger charge is 2.27. The lowest BCUT2D eigenvalue weighted by Gasteiger charge is -2.13. The van der Waals surface area contributed by atoms with Crippen LogP contribution < -0.4 is 10.5 Å². The van der Waals surface area contributed by atoms with E-state index in [1.54, 1.807) is 0 Å². The first-order valence-corrected chi connectivity index (χ1v) is 7.35. The van der Waals surface area contributed by atoms with Crippen LogP contribution in [-0.2, 0) is 0 Å². The fourth-order valence-electron chi connectivity index (χ4n) is 2.95. The van der Waals surface area contributed by atoms with Crippen LogP contribution in [0.5, 0.6) is 5.75 Å². The first-order valence-electron chi connectivity index (χ1n) is 7.35. The lowest BCUT2D eigenvalue weighted by atomic mass is 10.0. The van der Waals surface area contributed by atoms with Gasteiger partial charge in [-0.25, -0.2) is 0 Å². The van der Waals surface area contributed by atoms with E-state index >= 15 is 0 Å². The molecule has 2 aromatic rings. The van der Waals surface area contributed by atoms with Gasteiger partial charge in [0.1, 0.15) is 12.4 Å². The lowest BCUT2D eigenvalue weighted by molar-refractivity contribution is 0.261. The molecule has 110 valence electrons. The molecule has 2 N–H and O–H groups in total. The minimum atomic E-state index is -0.0488. The molecule has 0 aliphatic heterocycles. The average molecular weight is 282 g/mol. The number of nitrogens with two attached hydrogens (primary N) is 1. The molecule has 0 bridgehead atoms. The minimum Gasteiger partial charge on any atom is -0.492 e. The molecule has 0 amide bonds. The molecule has 3 heteroatoms. The van der Waals surface area contributed by atoms with E-state index in [1.165, 1.54) is 27.8 Å². The highest BCUT2D eigenvalue weighted by atomic mass is 16.5. The summed E-state index contributed by atoms with van der Waals surface area (Å²) in [6, 6.07) is 12.6. The van der Waals surface area contributed by atoms with Crippen molar-refractivity contribution >= 4 is 0 Å². The van der Waals surface area contributed by atoms with E-state index in [0.717, 1.165) is 12.3 Å². The van der Waals surface area contributed by atoms with Crippen LogP contribution in [0.3, 0.4) is 0 Å². The Morgan fingerprint density at radius 1 is 1.14 bits per heavy atom. The third-order valence-corrected chi connectivity index (χ3v) is 4.07. The van der Waals surface area contributed by atoms with Crippen molar-refractivity contribution in [1.29, 1.82) is 0 Å². The summed E-state index contributed by atoms with van der Waals surface area (Å²) < 4.78 is 5.82. The summed E-state index contributed by atoms with van der Waals surface area (Å²) in [7, 11) is 4.09. The Labute approximate surface area is 126 Å². The molecule has 0 radical (unpaired) electrons. The molecule has 0 saturated carbocycles. The van der Waals surface area contributed by atoms with Gasteiger partial charge >= 0.3 is 0 Å². The second-order valence-corrected chi connectivity index (χ2v) is 5.92. The van der Waals surface area contributed by atoms with Crippen molar-refractivity contribution in [2.45, 2.75) is 13.0 Å². The number of aryl methyl sites for hydroxylation is 1. The average Bonchev–Trinajstić information content (AvgIpc) is 2.73. The summed E-state index contributed by atoms with van der Waals surface area (Å²) in [5, 5.41) is 0. The highest BCUT2D eigenvalue weighted by molar-refractivity contribution is 5.81. The van der Waals surface area contributed by atoms with Crippen LogP contribution in [0.1, 0.15) is 22.7 Å². The normalized spacial score (nSPS) is 16.0. The maximum absolute atomic E-state index is 6.41. The Morgan fingerprint density at radius 2 is 1.95 bits per heavy atom. The van der Waals surface area contributed by atoms with Crippen molar-refractivity contribution in [2.75, 3.05) is 27.2 Å². The molecule has 3 rings (SSSR count). The van der Waals surface area contributed by atoms with Crippen molar-refractivity contribution < 1.29 is 4.74 Å². The van der Waals surface area contributed by atoms with Gasteiger partial charge in [0.15, 0.2) is 0 Å². The Balaban J connectivity index is 1.90. The van der Waals surface area contributed by atoms with Crippen LogP contribution in [0, 0.1) is 6.92 Å². The molecule has 0 saturated heterocycles. The SMILES string of the molecule is Cc1cccc2c1-c1ccc(OCCN(C)C)cc1C2N. The molecule has 0 heterocycles. The predicted octanol–water partition coefficient (Wildman–Crippen LogP) is 2.96. The molecule has 0 spiro atoms. The zero-order valence-corrected chi connectivity index (χ0v) is 12.9. The van der Waals surface area contributed by atoms with Crippen LogP contribution in [0.15, 0.2) is 36.4 Å². The smallest absolute Gasteiger partial charge is 0.119 e. The first-order chi connectivity index (χ1) is 10.1. The van der Waals surface area contributed by atoms with E-state index in [9.17, 15) is 0 Å². The summed E-state index contributed by atoms with van der Waals surface area (Å²) >= 11 is 0. The Bertz CT molecular complexity index is 664. The van der Waals surface area contributed by atoms with Gasteiger partial charge in [0.25, 0.3) is 0 Å². The second kappa shape index (κ2) is 5.51. The van der Waals surface area contributed by atoms with Gasteiger partial charge in [-0.15, -0.1) is 0 Å². The lowest BCUT2D eigenvalue weighted by Crippen LogP contribution is -2.19. The highest BCUT2D eigenvalue weighted by Crippen LogP contribution is 2.44. The van der Waals surface area contributed by atoms with Crippen LogP contribution in [0.4, 0.5) is 0 Å². The fraction of sp³-hybridized carbons (Fsp3) is 0.333. The van der Waals surface area contributed by atoms with Gasteiger partial charge in [-0.3, -0.25) is 0 Å². The molecule has 21 heavy (non-hydrogen) atoms. The summed E-state index contributed by atoms with van der Waals surface area (Å²) in [6.45, 7) is 3.73. The number of nitrogens with zero attached hydrogens (tertiary/aromatic N) is 1. The zero-order valence-electron chi connectivity index (χ0n) is 12.9. The van der Waals surface area contributed by atoms with Gasteiger partial charge in [0.05, 0.1) is 6.04 Å². The topological polar surface area (TPSA) is 38.5 Å². The standard InChI is InChI=1S/C18H22N2O/c1-12-5-4-6-15-17(12)14-8-7-13(11-16(14)18(15)19)21-10-9-20(2)3/h4-8,11,18H,9-10,19H2,1-3H3. The second-order valence-electron chi connectivity index (χ2n) is 5.92. The maximum atomic E-state index is 6.41. The van der Waals surface area contributed by atoms with Gasteiger partial charge < -0.3 is 15.4 Å². The Morgan fingerprint density at radius 3 is 2.71 bits per heavy atom. The number of rotatable bonds is 4. The summed E-state index contributed by atoms with van der Waals surface area (Å²) in [5.74, 6) is 0.900. The van der Waals surface area contributed by atoms with Crippen LogP contribution >= 0.6 is 0 Å². The summed E-state index contributed by atoms with van der Waals surface area (Å²) in [4.78, 5) is 2.11. The molecule has 2 aromatic carbocycles. The van der Waals surface area contributed by atoms with E-state index in [-0.39, 0.29) is 6.04 Å². The van der Waals surface area contributed by atoms with Crippen molar-refractivity contribution in [3.8, 4) is 16.9 Å². The number of hydrogen-bond donors (Lipinski definition) is 1. The van der Waals surface area contributed by atoms with E-state index in [2.05, 4.69) is 42.2 Å². The van der Waals surface area contributed by atoms with Gasteiger partial charge in [-0.2, -0.15) is 0 Å².